The SMILES string of the molecule is Nc1cc(Br)c2sc(I)cc2c1. The summed E-state index contributed by atoms with van der Waals surface area (Å²) in [5.74, 6) is 0. The number of benzene rings is 1. The molecular weight excluding hydrogens is 349 g/mol. The standard InChI is InChI=1S/C8H5BrINS/c9-6-3-5(11)1-4-2-7(10)12-8(4)6/h1-3H,11H2. The second kappa shape index (κ2) is 3.16. The Hall–Kier alpha value is 0.190. The topological polar surface area (TPSA) is 26.0 Å². The van der Waals surface area contributed by atoms with Crippen molar-refractivity contribution in [3.05, 3.63) is 25.6 Å². The highest BCUT2D eigenvalue weighted by atomic mass is 127. The van der Waals surface area contributed by atoms with Crippen molar-refractivity contribution >= 4 is 65.6 Å². The van der Waals surface area contributed by atoms with E-state index in [4.69, 9.17) is 5.73 Å². The molecule has 0 aliphatic rings. The maximum Gasteiger partial charge on any atom is 0.0666 e. The molecule has 0 fully saturated rings. The third kappa shape index (κ3) is 1.47. The van der Waals surface area contributed by atoms with Gasteiger partial charge in [0.2, 0.25) is 0 Å². The number of anilines is 1. The number of thiophene rings is 1. The number of nitrogen functional groups attached to an aromatic ring is 1. The fourth-order valence-electron chi connectivity index (χ4n) is 1.10. The van der Waals surface area contributed by atoms with E-state index in [-0.39, 0.29) is 0 Å². The first kappa shape index (κ1) is 8.77. The molecule has 2 N–H and O–H groups in total. The van der Waals surface area contributed by atoms with Crippen LogP contribution in [0.5, 0.6) is 0 Å². The lowest BCUT2D eigenvalue weighted by Gasteiger charge is -1.95. The number of halogens is 2. The van der Waals surface area contributed by atoms with E-state index < -0.39 is 0 Å². The Kier molecular flexibility index (Phi) is 2.31. The molecule has 0 radical (unpaired) electrons. The van der Waals surface area contributed by atoms with Gasteiger partial charge in [-0.1, -0.05) is 0 Å². The Bertz CT molecular complexity index is 438. The summed E-state index contributed by atoms with van der Waals surface area (Å²) in [5.41, 5.74) is 6.52. The van der Waals surface area contributed by atoms with E-state index in [2.05, 4.69) is 44.6 Å². The lowest BCUT2D eigenvalue weighted by Crippen LogP contribution is -1.82. The summed E-state index contributed by atoms with van der Waals surface area (Å²) < 4.78 is 3.65. The Morgan fingerprint density at radius 3 is 2.83 bits per heavy atom. The number of fused-ring (bicyclic) bond motifs is 1. The van der Waals surface area contributed by atoms with Gasteiger partial charge in [-0.3, -0.25) is 0 Å². The van der Waals surface area contributed by atoms with Gasteiger partial charge in [0.05, 0.1) is 2.88 Å². The van der Waals surface area contributed by atoms with Gasteiger partial charge in [-0.2, -0.15) is 0 Å². The van der Waals surface area contributed by atoms with Crippen LogP contribution in [0.1, 0.15) is 0 Å². The summed E-state index contributed by atoms with van der Waals surface area (Å²) in [4.78, 5) is 0. The van der Waals surface area contributed by atoms with Crippen LogP contribution in [0, 0.1) is 2.88 Å². The lowest BCUT2D eigenvalue weighted by atomic mass is 10.2. The first-order valence-electron chi connectivity index (χ1n) is 3.31. The van der Waals surface area contributed by atoms with Gasteiger partial charge in [0.15, 0.2) is 0 Å². The quantitative estimate of drug-likeness (QED) is 0.565. The van der Waals surface area contributed by atoms with Gasteiger partial charge in [0, 0.05) is 14.9 Å². The first-order valence-corrected chi connectivity index (χ1v) is 6.00. The molecule has 4 heteroatoms. The molecule has 0 spiro atoms. The van der Waals surface area contributed by atoms with Crippen LogP contribution in [0.15, 0.2) is 22.7 Å². The van der Waals surface area contributed by atoms with Crippen LogP contribution >= 0.6 is 49.9 Å². The van der Waals surface area contributed by atoms with Crippen LogP contribution in [0.3, 0.4) is 0 Å². The lowest BCUT2D eigenvalue weighted by molar-refractivity contribution is 1.75. The molecule has 0 amide bonds. The van der Waals surface area contributed by atoms with Gasteiger partial charge in [0.25, 0.3) is 0 Å². The van der Waals surface area contributed by atoms with E-state index in [1.54, 1.807) is 11.3 Å². The molecule has 12 heavy (non-hydrogen) atoms. The predicted molar refractivity (Wildman–Crippen MR) is 66.7 cm³/mol. The van der Waals surface area contributed by atoms with Crippen molar-refractivity contribution < 1.29 is 0 Å². The van der Waals surface area contributed by atoms with Crippen LogP contribution in [-0.2, 0) is 0 Å². The zero-order chi connectivity index (χ0) is 8.72. The summed E-state index contributed by atoms with van der Waals surface area (Å²) in [6, 6.07) is 6.08. The van der Waals surface area contributed by atoms with Crippen molar-refractivity contribution in [3.8, 4) is 0 Å². The Labute approximate surface area is 96.2 Å². The average molecular weight is 354 g/mol. The molecule has 2 rings (SSSR count). The second-order valence-electron chi connectivity index (χ2n) is 2.47. The van der Waals surface area contributed by atoms with Gasteiger partial charge >= 0.3 is 0 Å². The van der Waals surface area contributed by atoms with Crippen LogP contribution in [0.25, 0.3) is 10.1 Å². The molecule has 0 saturated carbocycles. The molecule has 1 nitrogen and oxygen atoms in total. The first-order chi connectivity index (χ1) is 5.66. The molecule has 1 heterocycles. The zero-order valence-corrected chi connectivity index (χ0v) is 10.5. The van der Waals surface area contributed by atoms with E-state index in [0.717, 1.165) is 10.2 Å². The van der Waals surface area contributed by atoms with E-state index in [0.29, 0.717) is 0 Å². The van der Waals surface area contributed by atoms with E-state index in [1.807, 2.05) is 12.1 Å². The molecule has 1 aromatic carbocycles. The van der Waals surface area contributed by atoms with Gasteiger partial charge in [0.1, 0.15) is 0 Å². The number of nitrogens with two attached hydrogens (primary N) is 1. The van der Waals surface area contributed by atoms with Crippen LogP contribution in [-0.4, -0.2) is 0 Å². The Balaban J connectivity index is 2.88. The van der Waals surface area contributed by atoms with Gasteiger partial charge in [-0.25, -0.2) is 0 Å². The van der Waals surface area contributed by atoms with Crippen molar-refractivity contribution in [2.24, 2.45) is 0 Å². The summed E-state index contributed by atoms with van der Waals surface area (Å²) in [5, 5.41) is 1.22. The molecule has 0 atom stereocenters. The van der Waals surface area contributed by atoms with Crippen molar-refractivity contribution in [1.29, 1.82) is 0 Å². The van der Waals surface area contributed by atoms with Crippen LogP contribution < -0.4 is 5.73 Å². The van der Waals surface area contributed by atoms with Crippen molar-refractivity contribution in [1.82, 2.24) is 0 Å². The smallest absolute Gasteiger partial charge is 0.0666 e. The predicted octanol–water partition coefficient (Wildman–Crippen LogP) is 3.85. The van der Waals surface area contributed by atoms with Gasteiger partial charge in [-0.15, -0.1) is 11.3 Å². The number of hydrogen-bond donors (Lipinski definition) is 1. The second-order valence-corrected chi connectivity index (χ2v) is 6.27. The Morgan fingerprint density at radius 1 is 1.33 bits per heavy atom. The third-order valence-corrected chi connectivity index (χ3v) is 4.40. The normalized spacial score (nSPS) is 10.8. The maximum absolute atomic E-state index is 5.71. The maximum atomic E-state index is 5.71. The molecule has 0 bridgehead atoms. The van der Waals surface area contributed by atoms with Crippen molar-refractivity contribution in [2.45, 2.75) is 0 Å². The molecule has 1 aromatic heterocycles. The fraction of sp³-hybridized carbons (Fsp3) is 0. The molecule has 0 aliphatic heterocycles. The fourth-order valence-corrected chi connectivity index (χ4v) is 3.61. The van der Waals surface area contributed by atoms with E-state index in [1.165, 1.54) is 13.0 Å². The largest absolute Gasteiger partial charge is 0.399 e. The summed E-state index contributed by atoms with van der Waals surface area (Å²) in [6.07, 6.45) is 0. The molecule has 62 valence electrons. The van der Waals surface area contributed by atoms with Gasteiger partial charge < -0.3 is 5.73 Å². The molecule has 2 aromatic rings. The summed E-state index contributed by atoms with van der Waals surface area (Å²) in [6.45, 7) is 0. The summed E-state index contributed by atoms with van der Waals surface area (Å²) in [7, 11) is 0. The molecular formula is C8H5BrINS. The Morgan fingerprint density at radius 2 is 2.08 bits per heavy atom. The molecule has 0 saturated heterocycles. The highest BCUT2D eigenvalue weighted by Crippen LogP contribution is 2.34. The van der Waals surface area contributed by atoms with Gasteiger partial charge in [-0.05, 0) is 62.1 Å². The number of rotatable bonds is 0. The minimum atomic E-state index is 0.809. The minimum absolute atomic E-state index is 0.809. The summed E-state index contributed by atoms with van der Waals surface area (Å²) >= 11 is 7.58. The molecule has 0 unspecified atom stereocenters. The van der Waals surface area contributed by atoms with E-state index in [9.17, 15) is 0 Å². The third-order valence-electron chi connectivity index (χ3n) is 1.56. The van der Waals surface area contributed by atoms with Crippen LogP contribution in [0.4, 0.5) is 5.69 Å². The molecule has 0 aliphatic carbocycles. The van der Waals surface area contributed by atoms with E-state index >= 15 is 0 Å². The van der Waals surface area contributed by atoms with Crippen molar-refractivity contribution in [3.63, 3.8) is 0 Å². The monoisotopic (exact) mass is 353 g/mol. The highest BCUT2D eigenvalue weighted by molar-refractivity contribution is 14.1. The highest BCUT2D eigenvalue weighted by Gasteiger charge is 2.03. The zero-order valence-electron chi connectivity index (χ0n) is 5.97. The average Bonchev–Trinajstić information content (AvgIpc) is 2.29. The van der Waals surface area contributed by atoms with Crippen molar-refractivity contribution in [2.75, 3.05) is 5.73 Å². The number of hydrogen-bond acceptors (Lipinski definition) is 2. The minimum Gasteiger partial charge on any atom is -0.399 e. The van der Waals surface area contributed by atoms with Crippen LogP contribution in [0.2, 0.25) is 0 Å².